The molecule has 0 unspecified atom stereocenters. The lowest BCUT2D eigenvalue weighted by Gasteiger charge is -2.27. The molecule has 3 atom stereocenters. The van der Waals surface area contributed by atoms with Crippen LogP contribution in [-0.4, -0.2) is 54.5 Å². The maximum absolute atomic E-state index is 12.7. The molecule has 5 nitrogen and oxygen atoms in total. The fourth-order valence-corrected chi connectivity index (χ4v) is 5.13. The molecule has 0 N–H and O–H groups in total. The number of likely N-dealkylation sites (tertiary alicyclic amines) is 2. The van der Waals surface area contributed by atoms with E-state index >= 15 is 0 Å². The number of rotatable bonds is 4. The summed E-state index contributed by atoms with van der Waals surface area (Å²) in [6.45, 7) is 4.73. The van der Waals surface area contributed by atoms with Crippen molar-refractivity contribution in [3.05, 3.63) is 45.9 Å². The molecule has 2 aliphatic rings. The Morgan fingerprint density at radius 2 is 2.04 bits per heavy atom. The average Bonchev–Trinajstić information content (AvgIpc) is 3.29. The summed E-state index contributed by atoms with van der Waals surface area (Å²) in [7, 11) is 3.88. The van der Waals surface area contributed by atoms with Crippen LogP contribution in [0.5, 0.6) is 5.75 Å². The van der Waals surface area contributed by atoms with Crippen molar-refractivity contribution in [2.75, 3.05) is 33.8 Å². The number of benzene rings is 1. The highest BCUT2D eigenvalue weighted by Crippen LogP contribution is 2.44. The molecular formula is C20H25N3O2S. The van der Waals surface area contributed by atoms with Crippen molar-refractivity contribution >= 4 is 17.2 Å². The van der Waals surface area contributed by atoms with E-state index in [9.17, 15) is 4.79 Å². The maximum atomic E-state index is 12.7. The minimum absolute atomic E-state index is 0.209. The minimum Gasteiger partial charge on any atom is -0.497 e. The van der Waals surface area contributed by atoms with Crippen molar-refractivity contribution in [2.45, 2.75) is 19.4 Å². The van der Waals surface area contributed by atoms with E-state index in [0.29, 0.717) is 24.3 Å². The zero-order valence-corrected chi connectivity index (χ0v) is 16.3. The van der Waals surface area contributed by atoms with E-state index in [4.69, 9.17) is 4.74 Å². The van der Waals surface area contributed by atoms with E-state index in [1.807, 2.05) is 29.3 Å². The lowest BCUT2D eigenvalue weighted by molar-refractivity contribution is -0.129. The van der Waals surface area contributed by atoms with Gasteiger partial charge in [-0.3, -0.25) is 9.69 Å². The maximum Gasteiger partial charge on any atom is 0.228 e. The third-order valence-electron chi connectivity index (χ3n) is 5.70. The number of aryl methyl sites for hydroxylation is 1. The van der Waals surface area contributed by atoms with Crippen LogP contribution in [0.1, 0.15) is 22.3 Å². The summed E-state index contributed by atoms with van der Waals surface area (Å²) in [5, 5.41) is 3.02. The molecule has 0 saturated carbocycles. The molecular weight excluding hydrogens is 346 g/mol. The van der Waals surface area contributed by atoms with Gasteiger partial charge in [0.15, 0.2) is 0 Å². The molecule has 1 aromatic heterocycles. The Morgan fingerprint density at radius 3 is 2.69 bits per heavy atom. The van der Waals surface area contributed by atoms with Gasteiger partial charge in [0.1, 0.15) is 5.75 Å². The van der Waals surface area contributed by atoms with E-state index in [1.165, 1.54) is 5.56 Å². The largest absolute Gasteiger partial charge is 0.497 e. The monoisotopic (exact) mass is 371 g/mol. The summed E-state index contributed by atoms with van der Waals surface area (Å²) in [5.41, 5.74) is 2.21. The van der Waals surface area contributed by atoms with Gasteiger partial charge < -0.3 is 9.64 Å². The van der Waals surface area contributed by atoms with Gasteiger partial charge in [0.05, 0.1) is 24.2 Å². The minimum atomic E-state index is 0.209. The first kappa shape index (κ1) is 17.5. The standard InChI is InChI=1S/C20H25N3O2S/c1-13-21-16(12-26-13)8-19(24)23-10-15-9-22(2)20(18(15)11-23)14-4-6-17(25-3)7-5-14/h4-7,12,15,18,20H,8-11H2,1-3H3/t15-,18+,20-/m0/s1. The molecule has 26 heavy (non-hydrogen) atoms. The molecule has 138 valence electrons. The van der Waals surface area contributed by atoms with Crippen LogP contribution in [0.4, 0.5) is 0 Å². The molecule has 0 aliphatic carbocycles. The predicted molar refractivity (Wildman–Crippen MR) is 102 cm³/mol. The Balaban J connectivity index is 1.46. The van der Waals surface area contributed by atoms with Crippen LogP contribution in [0.2, 0.25) is 0 Å². The summed E-state index contributed by atoms with van der Waals surface area (Å²) >= 11 is 1.61. The van der Waals surface area contributed by atoms with Gasteiger partial charge in [0.25, 0.3) is 0 Å². The molecule has 3 heterocycles. The molecule has 2 saturated heterocycles. The summed E-state index contributed by atoms with van der Waals surface area (Å²) in [5.74, 6) is 2.14. The highest BCUT2D eigenvalue weighted by atomic mass is 32.1. The smallest absolute Gasteiger partial charge is 0.228 e. The molecule has 0 spiro atoms. The number of nitrogens with zero attached hydrogens (tertiary/aromatic N) is 3. The topological polar surface area (TPSA) is 45.7 Å². The van der Waals surface area contributed by atoms with Crippen LogP contribution in [0.15, 0.2) is 29.6 Å². The molecule has 1 aromatic carbocycles. The van der Waals surface area contributed by atoms with Crippen molar-refractivity contribution in [3.63, 3.8) is 0 Å². The van der Waals surface area contributed by atoms with Crippen molar-refractivity contribution < 1.29 is 9.53 Å². The molecule has 1 amide bonds. The second-order valence-electron chi connectivity index (χ2n) is 7.41. The predicted octanol–water partition coefficient (Wildman–Crippen LogP) is 2.76. The first-order chi connectivity index (χ1) is 12.5. The highest BCUT2D eigenvalue weighted by molar-refractivity contribution is 7.09. The van der Waals surface area contributed by atoms with E-state index in [-0.39, 0.29) is 5.91 Å². The van der Waals surface area contributed by atoms with E-state index in [2.05, 4.69) is 29.1 Å². The zero-order chi connectivity index (χ0) is 18.3. The molecule has 2 fully saturated rings. The molecule has 0 bridgehead atoms. The van der Waals surface area contributed by atoms with Gasteiger partial charge in [0, 0.05) is 37.0 Å². The number of hydrogen-bond acceptors (Lipinski definition) is 5. The van der Waals surface area contributed by atoms with Gasteiger partial charge in [-0.1, -0.05) is 12.1 Å². The Labute approximate surface area is 158 Å². The SMILES string of the molecule is COc1ccc([C@H]2[C@@H]3CN(C(=O)Cc4csc(C)n4)C[C@@H]3CN2C)cc1. The second kappa shape index (κ2) is 7.00. The van der Waals surface area contributed by atoms with Crippen molar-refractivity contribution in [3.8, 4) is 5.75 Å². The summed E-state index contributed by atoms with van der Waals surface area (Å²) < 4.78 is 5.28. The number of carbonyl (C=O) groups is 1. The molecule has 2 aromatic rings. The Bertz CT molecular complexity index is 789. The van der Waals surface area contributed by atoms with Crippen molar-refractivity contribution in [2.24, 2.45) is 11.8 Å². The van der Waals surface area contributed by atoms with Gasteiger partial charge >= 0.3 is 0 Å². The number of methoxy groups -OCH3 is 1. The van der Waals surface area contributed by atoms with Gasteiger partial charge in [-0.2, -0.15) is 0 Å². The molecule has 4 rings (SSSR count). The first-order valence-corrected chi connectivity index (χ1v) is 9.96. The molecule has 2 aliphatic heterocycles. The van der Waals surface area contributed by atoms with E-state index < -0.39 is 0 Å². The Morgan fingerprint density at radius 1 is 1.27 bits per heavy atom. The van der Waals surface area contributed by atoms with Crippen molar-refractivity contribution in [1.29, 1.82) is 0 Å². The van der Waals surface area contributed by atoms with Gasteiger partial charge in [-0.15, -0.1) is 11.3 Å². The summed E-state index contributed by atoms with van der Waals surface area (Å²) in [6, 6.07) is 8.73. The van der Waals surface area contributed by atoms with Gasteiger partial charge in [-0.25, -0.2) is 4.98 Å². The van der Waals surface area contributed by atoms with Gasteiger partial charge in [-0.05, 0) is 37.6 Å². The molecule has 6 heteroatoms. The Kier molecular flexibility index (Phi) is 4.71. The van der Waals surface area contributed by atoms with E-state index in [0.717, 1.165) is 36.1 Å². The quantitative estimate of drug-likeness (QED) is 0.829. The number of ether oxygens (including phenoxy) is 1. The average molecular weight is 372 g/mol. The fraction of sp³-hybridized carbons (Fsp3) is 0.500. The van der Waals surface area contributed by atoms with Crippen LogP contribution in [0.25, 0.3) is 0 Å². The van der Waals surface area contributed by atoms with Crippen LogP contribution in [-0.2, 0) is 11.2 Å². The number of aromatic nitrogens is 1. The number of carbonyl (C=O) groups excluding carboxylic acids is 1. The lowest BCUT2D eigenvalue weighted by atomic mass is 9.89. The second-order valence-corrected chi connectivity index (χ2v) is 8.48. The number of hydrogen-bond donors (Lipinski definition) is 0. The normalized spacial score (nSPS) is 25.5. The van der Waals surface area contributed by atoms with Crippen LogP contribution < -0.4 is 4.74 Å². The fourth-order valence-electron chi connectivity index (χ4n) is 4.52. The Hall–Kier alpha value is -1.92. The lowest BCUT2D eigenvalue weighted by Crippen LogP contribution is -2.34. The number of amides is 1. The van der Waals surface area contributed by atoms with Crippen LogP contribution in [0.3, 0.4) is 0 Å². The summed E-state index contributed by atoms with van der Waals surface area (Å²) in [6.07, 6.45) is 0.423. The third-order valence-corrected chi connectivity index (χ3v) is 6.53. The zero-order valence-electron chi connectivity index (χ0n) is 15.5. The first-order valence-electron chi connectivity index (χ1n) is 9.08. The van der Waals surface area contributed by atoms with Crippen molar-refractivity contribution in [1.82, 2.24) is 14.8 Å². The number of thiazole rings is 1. The van der Waals surface area contributed by atoms with Crippen LogP contribution in [0, 0.1) is 18.8 Å². The highest BCUT2D eigenvalue weighted by Gasteiger charge is 2.47. The van der Waals surface area contributed by atoms with Crippen LogP contribution >= 0.6 is 11.3 Å². The number of fused-ring (bicyclic) bond motifs is 1. The third kappa shape index (κ3) is 3.23. The molecule has 0 radical (unpaired) electrons. The van der Waals surface area contributed by atoms with Gasteiger partial charge in [0.2, 0.25) is 5.91 Å². The van der Waals surface area contributed by atoms with E-state index in [1.54, 1.807) is 18.4 Å². The summed E-state index contributed by atoms with van der Waals surface area (Å²) in [4.78, 5) is 21.6.